The van der Waals surface area contributed by atoms with E-state index in [0.717, 1.165) is 0 Å². The Morgan fingerprint density at radius 1 is 1.06 bits per heavy atom. The molecule has 0 unspecified atom stereocenters. The van der Waals surface area contributed by atoms with Gasteiger partial charge in [0.2, 0.25) is 0 Å². The zero-order valence-corrected chi connectivity index (χ0v) is 10.1. The average Bonchev–Trinajstić information content (AvgIpc) is 2.36. The van der Waals surface area contributed by atoms with Crippen molar-refractivity contribution in [3.05, 3.63) is 18.5 Å². The highest BCUT2D eigenvalue weighted by molar-refractivity contribution is 5.73. The van der Waals surface area contributed by atoms with Crippen molar-refractivity contribution in [2.45, 2.75) is 37.8 Å². The molecule has 2 heterocycles. The van der Waals surface area contributed by atoms with Gasteiger partial charge in [0.1, 0.15) is 0 Å². The van der Waals surface area contributed by atoms with Crippen molar-refractivity contribution in [3.8, 4) is 0 Å². The summed E-state index contributed by atoms with van der Waals surface area (Å²) in [6.45, 7) is 0. The van der Waals surface area contributed by atoms with E-state index in [9.17, 15) is 0 Å². The topological polar surface area (TPSA) is 19.4 Å². The molecule has 3 nitrogen and oxygen atoms in total. The van der Waals surface area contributed by atoms with E-state index in [1.165, 1.54) is 37.1 Å². The molecule has 0 amide bonds. The SMILES string of the molecule is CN1c2cnccc2N(C)[C@H]2CCCC[C@H]21. The summed E-state index contributed by atoms with van der Waals surface area (Å²) in [6, 6.07) is 3.50. The molecular formula is C13H19N3. The lowest BCUT2D eigenvalue weighted by Gasteiger charge is -2.49. The van der Waals surface area contributed by atoms with E-state index in [-0.39, 0.29) is 0 Å². The second kappa shape index (κ2) is 3.65. The van der Waals surface area contributed by atoms with Crippen LogP contribution in [0, 0.1) is 0 Å². The third-order valence-corrected chi connectivity index (χ3v) is 4.23. The maximum Gasteiger partial charge on any atom is 0.0791 e. The monoisotopic (exact) mass is 217 g/mol. The predicted octanol–water partition coefficient (Wildman–Crippen LogP) is 2.28. The first kappa shape index (κ1) is 9.94. The number of likely N-dealkylation sites (N-methyl/N-ethyl adjacent to an activating group) is 2. The van der Waals surface area contributed by atoms with Gasteiger partial charge in [0.25, 0.3) is 0 Å². The minimum absolute atomic E-state index is 0.676. The molecule has 2 atom stereocenters. The number of anilines is 2. The molecule has 3 heteroatoms. The van der Waals surface area contributed by atoms with Crippen molar-refractivity contribution >= 4 is 11.4 Å². The lowest BCUT2D eigenvalue weighted by molar-refractivity contribution is 0.354. The van der Waals surface area contributed by atoms with Crippen LogP contribution in [0.15, 0.2) is 18.5 Å². The summed E-state index contributed by atoms with van der Waals surface area (Å²) in [5, 5.41) is 0. The van der Waals surface area contributed by atoms with Gasteiger partial charge in [0.05, 0.1) is 17.6 Å². The number of hydrogen-bond acceptors (Lipinski definition) is 3. The van der Waals surface area contributed by atoms with Crippen LogP contribution in [0.4, 0.5) is 11.4 Å². The van der Waals surface area contributed by atoms with Gasteiger partial charge in [-0.1, -0.05) is 12.8 Å². The van der Waals surface area contributed by atoms with Crippen molar-refractivity contribution in [2.24, 2.45) is 0 Å². The van der Waals surface area contributed by atoms with Gasteiger partial charge in [0, 0.05) is 32.4 Å². The lowest BCUT2D eigenvalue weighted by atomic mass is 9.86. The van der Waals surface area contributed by atoms with Crippen LogP contribution in [0.1, 0.15) is 25.7 Å². The van der Waals surface area contributed by atoms with E-state index in [4.69, 9.17) is 0 Å². The Kier molecular flexibility index (Phi) is 2.27. The molecule has 1 aromatic heterocycles. The summed E-state index contributed by atoms with van der Waals surface area (Å²) in [5.74, 6) is 0. The molecule has 0 aromatic carbocycles. The van der Waals surface area contributed by atoms with E-state index in [1.54, 1.807) is 0 Å². The van der Waals surface area contributed by atoms with Crippen LogP contribution in [0.2, 0.25) is 0 Å². The molecule has 2 aliphatic rings. The predicted molar refractivity (Wildman–Crippen MR) is 67.1 cm³/mol. The molecule has 0 spiro atoms. The highest BCUT2D eigenvalue weighted by Crippen LogP contribution is 2.40. The number of fused-ring (bicyclic) bond motifs is 2. The molecule has 1 saturated carbocycles. The van der Waals surface area contributed by atoms with Crippen LogP contribution in [-0.4, -0.2) is 31.2 Å². The van der Waals surface area contributed by atoms with Gasteiger partial charge in [-0.25, -0.2) is 0 Å². The Bertz CT molecular complexity index is 354. The van der Waals surface area contributed by atoms with Gasteiger partial charge < -0.3 is 9.80 Å². The van der Waals surface area contributed by atoms with Gasteiger partial charge in [-0.05, 0) is 18.9 Å². The molecule has 16 heavy (non-hydrogen) atoms. The van der Waals surface area contributed by atoms with Gasteiger partial charge in [0.15, 0.2) is 0 Å². The third-order valence-electron chi connectivity index (χ3n) is 4.23. The maximum absolute atomic E-state index is 4.25. The smallest absolute Gasteiger partial charge is 0.0791 e. The summed E-state index contributed by atoms with van der Waals surface area (Å²) in [7, 11) is 4.45. The highest BCUT2D eigenvalue weighted by atomic mass is 15.3. The van der Waals surface area contributed by atoms with E-state index in [2.05, 4.69) is 34.9 Å². The Morgan fingerprint density at radius 3 is 2.38 bits per heavy atom. The summed E-state index contributed by atoms with van der Waals surface area (Å²) in [6.07, 6.45) is 9.28. The van der Waals surface area contributed by atoms with Crippen LogP contribution < -0.4 is 9.80 Å². The summed E-state index contributed by atoms with van der Waals surface area (Å²) < 4.78 is 0. The fourth-order valence-electron chi connectivity index (χ4n) is 3.30. The van der Waals surface area contributed by atoms with Gasteiger partial charge >= 0.3 is 0 Å². The first-order valence-corrected chi connectivity index (χ1v) is 6.18. The van der Waals surface area contributed by atoms with Crippen molar-refractivity contribution in [3.63, 3.8) is 0 Å². The van der Waals surface area contributed by atoms with E-state index >= 15 is 0 Å². The van der Waals surface area contributed by atoms with Crippen molar-refractivity contribution in [2.75, 3.05) is 23.9 Å². The third kappa shape index (κ3) is 1.30. The largest absolute Gasteiger partial charge is 0.368 e. The number of aromatic nitrogens is 1. The summed E-state index contributed by atoms with van der Waals surface area (Å²) >= 11 is 0. The Balaban J connectivity index is 2.05. The number of rotatable bonds is 0. The molecule has 0 N–H and O–H groups in total. The minimum atomic E-state index is 0.676. The molecule has 1 aromatic rings. The van der Waals surface area contributed by atoms with Crippen LogP contribution >= 0.6 is 0 Å². The Labute approximate surface area is 97.1 Å². The van der Waals surface area contributed by atoms with Crippen LogP contribution in [0.25, 0.3) is 0 Å². The van der Waals surface area contributed by atoms with Gasteiger partial charge in [-0.3, -0.25) is 4.98 Å². The second-order valence-corrected chi connectivity index (χ2v) is 5.01. The molecule has 1 aliphatic heterocycles. The first-order chi connectivity index (χ1) is 7.79. The maximum atomic E-state index is 4.25. The fraction of sp³-hybridized carbons (Fsp3) is 0.615. The van der Waals surface area contributed by atoms with E-state index in [0.29, 0.717) is 12.1 Å². The summed E-state index contributed by atoms with van der Waals surface area (Å²) in [4.78, 5) is 9.15. The standard InChI is InChI=1S/C13H19N3/c1-15-10-5-3-4-6-11(10)16(2)13-9-14-8-7-12(13)15/h7-11H,3-6H2,1-2H3/t10-,11+/m0/s1. The number of nitrogens with zero attached hydrogens (tertiary/aromatic N) is 3. The van der Waals surface area contributed by atoms with Crippen molar-refractivity contribution in [1.29, 1.82) is 0 Å². The number of pyridine rings is 1. The summed E-state index contributed by atoms with van der Waals surface area (Å²) in [5.41, 5.74) is 2.62. The fourth-order valence-corrected chi connectivity index (χ4v) is 3.30. The lowest BCUT2D eigenvalue weighted by Crippen LogP contribution is -2.55. The van der Waals surface area contributed by atoms with Crippen LogP contribution in [0.3, 0.4) is 0 Å². The van der Waals surface area contributed by atoms with E-state index < -0.39 is 0 Å². The molecule has 0 radical (unpaired) electrons. The molecule has 86 valence electrons. The van der Waals surface area contributed by atoms with Crippen molar-refractivity contribution in [1.82, 2.24) is 4.98 Å². The van der Waals surface area contributed by atoms with Gasteiger partial charge in [-0.15, -0.1) is 0 Å². The van der Waals surface area contributed by atoms with E-state index in [1.807, 2.05) is 12.4 Å². The molecule has 0 bridgehead atoms. The Hall–Kier alpha value is -1.25. The van der Waals surface area contributed by atoms with Crippen LogP contribution in [0.5, 0.6) is 0 Å². The molecular weight excluding hydrogens is 198 g/mol. The zero-order chi connectivity index (χ0) is 11.1. The second-order valence-electron chi connectivity index (χ2n) is 5.01. The first-order valence-electron chi connectivity index (χ1n) is 6.18. The van der Waals surface area contributed by atoms with Crippen molar-refractivity contribution < 1.29 is 0 Å². The Morgan fingerprint density at radius 2 is 1.69 bits per heavy atom. The molecule has 3 rings (SSSR count). The quantitative estimate of drug-likeness (QED) is 0.664. The highest BCUT2D eigenvalue weighted by Gasteiger charge is 2.37. The van der Waals surface area contributed by atoms with Gasteiger partial charge in [-0.2, -0.15) is 0 Å². The van der Waals surface area contributed by atoms with Crippen LogP contribution in [-0.2, 0) is 0 Å². The number of hydrogen-bond donors (Lipinski definition) is 0. The zero-order valence-electron chi connectivity index (χ0n) is 10.1. The minimum Gasteiger partial charge on any atom is -0.368 e. The molecule has 0 saturated heterocycles. The normalized spacial score (nSPS) is 28.6. The molecule has 1 aliphatic carbocycles. The molecule has 1 fully saturated rings. The average molecular weight is 217 g/mol.